The van der Waals surface area contributed by atoms with Gasteiger partial charge in [0, 0.05) is 32.2 Å². The second-order valence-corrected chi connectivity index (χ2v) is 5.96. The van der Waals surface area contributed by atoms with Crippen molar-refractivity contribution in [1.82, 2.24) is 20.4 Å². The molecule has 0 aromatic heterocycles. The zero-order valence-electron chi connectivity index (χ0n) is 12.6. The lowest BCUT2D eigenvalue weighted by Crippen LogP contribution is -2.49. The monoisotopic (exact) mass is 297 g/mol. The summed E-state index contributed by atoms with van der Waals surface area (Å²) >= 11 is 0. The Labute approximate surface area is 126 Å². The first-order valence-corrected chi connectivity index (χ1v) is 7.86. The van der Waals surface area contributed by atoms with Gasteiger partial charge in [0.15, 0.2) is 0 Å². The predicted molar refractivity (Wildman–Crippen MR) is 80.7 cm³/mol. The molecule has 4 N–H and O–H groups in total. The lowest BCUT2D eigenvalue weighted by atomic mass is 10.0. The van der Waals surface area contributed by atoms with Gasteiger partial charge in [0.25, 0.3) is 0 Å². The molecule has 0 radical (unpaired) electrons. The highest BCUT2D eigenvalue weighted by Crippen LogP contribution is 2.09. The lowest BCUT2D eigenvalue weighted by Gasteiger charge is -2.32. The summed E-state index contributed by atoms with van der Waals surface area (Å²) < 4.78 is 0. The maximum Gasteiger partial charge on any atom is 0.234 e. The van der Waals surface area contributed by atoms with Crippen LogP contribution in [-0.2, 0) is 9.59 Å². The van der Waals surface area contributed by atoms with E-state index >= 15 is 0 Å². The summed E-state index contributed by atoms with van der Waals surface area (Å²) in [7, 11) is 0. The molecule has 2 heterocycles. The van der Waals surface area contributed by atoms with Gasteiger partial charge in [-0.05, 0) is 32.4 Å². The van der Waals surface area contributed by atoms with Gasteiger partial charge < -0.3 is 16.4 Å². The highest BCUT2D eigenvalue weighted by atomic mass is 16.2. The summed E-state index contributed by atoms with van der Waals surface area (Å²) in [6, 6.07) is 0.228. The highest BCUT2D eigenvalue weighted by Gasteiger charge is 2.22. The molecule has 2 amide bonds. The molecule has 21 heavy (non-hydrogen) atoms. The van der Waals surface area contributed by atoms with Crippen molar-refractivity contribution in [3.05, 3.63) is 0 Å². The summed E-state index contributed by atoms with van der Waals surface area (Å²) in [6.45, 7) is 6.37. The van der Waals surface area contributed by atoms with Crippen molar-refractivity contribution in [2.45, 2.75) is 25.3 Å². The second-order valence-electron chi connectivity index (χ2n) is 5.96. The van der Waals surface area contributed by atoms with E-state index in [0.717, 1.165) is 58.5 Å². The standard InChI is InChI=1S/C14H27N5O2/c15-13(20)10-19-7-2-12(3-8-19)17-14(21)11-18-6-1-4-16-5-9-18/h12,16H,1-11H2,(H2,15,20)(H,17,21). The van der Waals surface area contributed by atoms with Crippen LogP contribution in [0.25, 0.3) is 0 Å². The molecule has 0 aromatic carbocycles. The van der Waals surface area contributed by atoms with Crippen LogP contribution in [0.1, 0.15) is 19.3 Å². The van der Waals surface area contributed by atoms with Crippen molar-refractivity contribution in [3.8, 4) is 0 Å². The molecule has 2 rings (SSSR count). The fraction of sp³-hybridized carbons (Fsp3) is 0.857. The van der Waals surface area contributed by atoms with E-state index in [1.54, 1.807) is 0 Å². The number of amides is 2. The molecular formula is C14H27N5O2. The summed E-state index contributed by atoms with van der Waals surface area (Å²) in [5, 5.41) is 6.45. The average Bonchev–Trinajstić information content (AvgIpc) is 2.69. The van der Waals surface area contributed by atoms with Crippen molar-refractivity contribution in [2.75, 3.05) is 52.4 Å². The Morgan fingerprint density at radius 3 is 2.48 bits per heavy atom. The maximum absolute atomic E-state index is 12.1. The van der Waals surface area contributed by atoms with Gasteiger partial charge in [-0.2, -0.15) is 0 Å². The van der Waals surface area contributed by atoms with Gasteiger partial charge in [-0.3, -0.25) is 19.4 Å². The number of piperidine rings is 1. The zero-order valence-corrected chi connectivity index (χ0v) is 12.6. The molecule has 2 aliphatic rings. The van der Waals surface area contributed by atoms with E-state index in [0.29, 0.717) is 13.1 Å². The third kappa shape index (κ3) is 5.99. The number of rotatable bonds is 5. The fourth-order valence-corrected chi connectivity index (χ4v) is 2.99. The van der Waals surface area contributed by atoms with Gasteiger partial charge in [-0.15, -0.1) is 0 Å². The van der Waals surface area contributed by atoms with Gasteiger partial charge in [-0.25, -0.2) is 0 Å². The van der Waals surface area contributed by atoms with E-state index in [1.165, 1.54) is 0 Å². The van der Waals surface area contributed by atoms with Crippen LogP contribution in [0.3, 0.4) is 0 Å². The van der Waals surface area contributed by atoms with Crippen molar-refractivity contribution in [2.24, 2.45) is 5.73 Å². The first-order valence-electron chi connectivity index (χ1n) is 7.86. The molecule has 0 bridgehead atoms. The number of primary amides is 1. The van der Waals surface area contributed by atoms with Crippen molar-refractivity contribution >= 4 is 11.8 Å². The van der Waals surface area contributed by atoms with Gasteiger partial charge in [-0.1, -0.05) is 0 Å². The van der Waals surface area contributed by atoms with Crippen molar-refractivity contribution in [3.63, 3.8) is 0 Å². The maximum atomic E-state index is 12.1. The van der Waals surface area contributed by atoms with E-state index in [4.69, 9.17) is 5.73 Å². The van der Waals surface area contributed by atoms with E-state index in [2.05, 4.69) is 15.5 Å². The third-order valence-electron chi connectivity index (χ3n) is 4.13. The van der Waals surface area contributed by atoms with Crippen LogP contribution < -0.4 is 16.4 Å². The first-order chi connectivity index (χ1) is 10.1. The molecule has 0 unspecified atom stereocenters. The van der Waals surface area contributed by atoms with Gasteiger partial charge in [0.1, 0.15) is 0 Å². The van der Waals surface area contributed by atoms with Crippen LogP contribution in [0.15, 0.2) is 0 Å². The van der Waals surface area contributed by atoms with Gasteiger partial charge in [0.2, 0.25) is 11.8 Å². The minimum absolute atomic E-state index is 0.116. The second kappa shape index (κ2) is 8.31. The van der Waals surface area contributed by atoms with Crippen LogP contribution in [0.5, 0.6) is 0 Å². The van der Waals surface area contributed by atoms with E-state index in [9.17, 15) is 9.59 Å². The molecule has 120 valence electrons. The third-order valence-corrected chi connectivity index (χ3v) is 4.13. The molecule has 0 saturated carbocycles. The Morgan fingerprint density at radius 1 is 1.05 bits per heavy atom. The summed E-state index contributed by atoms with van der Waals surface area (Å²) in [4.78, 5) is 27.2. The number of likely N-dealkylation sites (tertiary alicyclic amines) is 1. The van der Waals surface area contributed by atoms with E-state index in [1.807, 2.05) is 4.90 Å². The zero-order chi connectivity index (χ0) is 15.1. The minimum Gasteiger partial charge on any atom is -0.369 e. The molecule has 0 atom stereocenters. The number of nitrogens with two attached hydrogens (primary N) is 1. The first kappa shape index (κ1) is 16.2. The molecule has 7 nitrogen and oxygen atoms in total. The molecule has 0 spiro atoms. The summed E-state index contributed by atoms with van der Waals surface area (Å²) in [5.41, 5.74) is 5.19. The molecule has 0 aliphatic carbocycles. The Kier molecular flexibility index (Phi) is 6.41. The predicted octanol–water partition coefficient (Wildman–Crippen LogP) is -1.65. The lowest BCUT2D eigenvalue weighted by molar-refractivity contribution is -0.124. The Morgan fingerprint density at radius 2 is 1.76 bits per heavy atom. The number of hydrogen-bond acceptors (Lipinski definition) is 5. The minimum atomic E-state index is -0.285. The van der Waals surface area contributed by atoms with Crippen LogP contribution >= 0.6 is 0 Å². The van der Waals surface area contributed by atoms with Crippen LogP contribution in [-0.4, -0.2) is 80.0 Å². The Bertz CT molecular complexity index is 347. The molecule has 2 aliphatic heterocycles. The Hall–Kier alpha value is -1.18. The van der Waals surface area contributed by atoms with Crippen LogP contribution in [0.4, 0.5) is 0 Å². The van der Waals surface area contributed by atoms with Gasteiger partial charge in [0.05, 0.1) is 13.1 Å². The number of carbonyl (C=O) groups excluding carboxylic acids is 2. The van der Waals surface area contributed by atoms with E-state index < -0.39 is 0 Å². The number of hydrogen-bond donors (Lipinski definition) is 3. The number of nitrogens with zero attached hydrogens (tertiary/aromatic N) is 2. The SMILES string of the molecule is NC(=O)CN1CCC(NC(=O)CN2CCCNCC2)CC1. The fourth-order valence-electron chi connectivity index (χ4n) is 2.99. The quantitative estimate of drug-likeness (QED) is 0.565. The van der Waals surface area contributed by atoms with E-state index in [-0.39, 0.29) is 17.9 Å². The van der Waals surface area contributed by atoms with Gasteiger partial charge >= 0.3 is 0 Å². The van der Waals surface area contributed by atoms with Crippen LogP contribution in [0, 0.1) is 0 Å². The van der Waals surface area contributed by atoms with Crippen molar-refractivity contribution in [1.29, 1.82) is 0 Å². The average molecular weight is 297 g/mol. The normalized spacial score (nSPS) is 22.7. The number of carbonyl (C=O) groups is 2. The molecule has 0 aromatic rings. The summed E-state index contributed by atoms with van der Waals surface area (Å²) in [5.74, 6) is -0.169. The molecule has 2 saturated heterocycles. The number of nitrogens with one attached hydrogen (secondary N) is 2. The smallest absolute Gasteiger partial charge is 0.234 e. The summed E-state index contributed by atoms with van der Waals surface area (Å²) in [6.07, 6.45) is 2.87. The molecule has 2 fully saturated rings. The molecular weight excluding hydrogens is 270 g/mol. The highest BCUT2D eigenvalue weighted by molar-refractivity contribution is 5.78. The molecule has 7 heteroatoms. The topological polar surface area (TPSA) is 90.7 Å². The van der Waals surface area contributed by atoms with Crippen LogP contribution in [0.2, 0.25) is 0 Å². The van der Waals surface area contributed by atoms with Crippen molar-refractivity contribution < 1.29 is 9.59 Å². The largest absolute Gasteiger partial charge is 0.369 e. The Balaban J connectivity index is 1.65.